The molecule has 2 atom stereocenters. The summed E-state index contributed by atoms with van der Waals surface area (Å²) in [6.45, 7) is 4.39. The normalized spacial score (nSPS) is 20.5. The molecule has 0 radical (unpaired) electrons. The van der Waals surface area contributed by atoms with Crippen LogP contribution >= 0.6 is 0 Å². The lowest BCUT2D eigenvalue weighted by Gasteiger charge is -2.39. The molecule has 28 heavy (non-hydrogen) atoms. The SMILES string of the molecule is CCNC(=NCc1cccc(OC(F)F)c1)N1CCC(C)C(n2ccnc2)C1. The van der Waals surface area contributed by atoms with Gasteiger partial charge in [0.2, 0.25) is 0 Å². The van der Waals surface area contributed by atoms with E-state index in [0.29, 0.717) is 18.5 Å². The fourth-order valence-electron chi connectivity index (χ4n) is 3.51. The van der Waals surface area contributed by atoms with Gasteiger partial charge in [0.1, 0.15) is 5.75 Å². The Labute approximate surface area is 164 Å². The van der Waals surface area contributed by atoms with Crippen molar-refractivity contribution >= 4 is 5.96 Å². The predicted octanol–water partition coefficient (Wildman–Crippen LogP) is 3.53. The Kier molecular flexibility index (Phi) is 6.84. The predicted molar refractivity (Wildman–Crippen MR) is 105 cm³/mol. The summed E-state index contributed by atoms with van der Waals surface area (Å²) < 4.78 is 31.5. The third-order valence-corrected chi connectivity index (χ3v) is 5.00. The molecule has 0 bridgehead atoms. The summed E-state index contributed by atoms with van der Waals surface area (Å²) in [7, 11) is 0. The molecule has 0 saturated carbocycles. The van der Waals surface area contributed by atoms with Crippen molar-refractivity contribution in [3.63, 3.8) is 0 Å². The first-order valence-electron chi connectivity index (χ1n) is 9.61. The number of benzene rings is 1. The fourth-order valence-corrected chi connectivity index (χ4v) is 3.51. The molecule has 2 heterocycles. The molecule has 6 nitrogen and oxygen atoms in total. The molecule has 1 aromatic carbocycles. The molecule has 2 unspecified atom stereocenters. The summed E-state index contributed by atoms with van der Waals surface area (Å²) in [5, 5.41) is 3.35. The minimum atomic E-state index is -2.83. The van der Waals surface area contributed by atoms with Gasteiger partial charge in [-0.05, 0) is 37.0 Å². The lowest BCUT2D eigenvalue weighted by atomic mass is 9.93. The lowest BCUT2D eigenvalue weighted by molar-refractivity contribution is -0.0498. The van der Waals surface area contributed by atoms with Gasteiger partial charge < -0.3 is 19.5 Å². The second kappa shape index (κ2) is 9.52. The highest BCUT2D eigenvalue weighted by atomic mass is 19.3. The van der Waals surface area contributed by atoms with Gasteiger partial charge in [0.25, 0.3) is 0 Å². The van der Waals surface area contributed by atoms with Gasteiger partial charge in [-0.15, -0.1) is 0 Å². The number of piperidine rings is 1. The molecule has 1 aliphatic rings. The number of imidazole rings is 1. The van der Waals surface area contributed by atoms with E-state index < -0.39 is 6.61 Å². The van der Waals surface area contributed by atoms with Gasteiger partial charge in [-0.1, -0.05) is 19.1 Å². The summed E-state index contributed by atoms with van der Waals surface area (Å²) >= 11 is 0. The van der Waals surface area contributed by atoms with Gasteiger partial charge in [-0.2, -0.15) is 8.78 Å². The number of hydrogen-bond donors (Lipinski definition) is 1. The molecule has 0 aliphatic carbocycles. The fraction of sp³-hybridized carbons (Fsp3) is 0.500. The lowest BCUT2D eigenvalue weighted by Crippen LogP contribution is -2.49. The number of ether oxygens (including phenoxy) is 1. The van der Waals surface area contributed by atoms with Crippen molar-refractivity contribution in [3.8, 4) is 5.75 Å². The van der Waals surface area contributed by atoms with Crippen LogP contribution < -0.4 is 10.1 Å². The number of nitrogens with zero attached hydrogens (tertiary/aromatic N) is 4. The van der Waals surface area contributed by atoms with Crippen LogP contribution in [0.3, 0.4) is 0 Å². The molecular formula is C20H27F2N5O. The Balaban J connectivity index is 1.72. The Hall–Kier alpha value is -2.64. The van der Waals surface area contributed by atoms with E-state index in [1.165, 1.54) is 6.07 Å². The molecular weight excluding hydrogens is 364 g/mol. The van der Waals surface area contributed by atoms with Crippen molar-refractivity contribution in [1.82, 2.24) is 19.8 Å². The van der Waals surface area contributed by atoms with Crippen LogP contribution in [0, 0.1) is 5.92 Å². The van der Waals surface area contributed by atoms with Gasteiger partial charge >= 0.3 is 6.61 Å². The number of aliphatic imine (C=N–C) groups is 1. The quantitative estimate of drug-likeness (QED) is 0.605. The van der Waals surface area contributed by atoms with Crippen molar-refractivity contribution < 1.29 is 13.5 Å². The summed E-state index contributed by atoms with van der Waals surface area (Å²) in [6, 6.07) is 7.02. The number of guanidine groups is 1. The molecule has 0 spiro atoms. The van der Waals surface area contributed by atoms with Gasteiger partial charge in [-0.25, -0.2) is 9.98 Å². The van der Waals surface area contributed by atoms with Crippen molar-refractivity contribution in [1.29, 1.82) is 0 Å². The van der Waals surface area contributed by atoms with Crippen LogP contribution in [0.1, 0.15) is 31.9 Å². The molecule has 2 aromatic rings. The molecule has 8 heteroatoms. The minimum Gasteiger partial charge on any atom is -0.435 e. The van der Waals surface area contributed by atoms with Crippen LogP contribution in [-0.4, -0.2) is 46.7 Å². The second-order valence-corrected chi connectivity index (χ2v) is 6.99. The molecule has 1 aromatic heterocycles. The Morgan fingerprint density at radius 2 is 2.29 bits per heavy atom. The van der Waals surface area contributed by atoms with Crippen molar-refractivity contribution in [2.45, 2.75) is 39.5 Å². The van der Waals surface area contributed by atoms with Crippen LogP contribution in [0.4, 0.5) is 8.78 Å². The van der Waals surface area contributed by atoms with Gasteiger partial charge in [0, 0.05) is 32.0 Å². The maximum atomic E-state index is 12.4. The highest BCUT2D eigenvalue weighted by Gasteiger charge is 2.28. The molecule has 3 rings (SSSR count). The van der Waals surface area contributed by atoms with Crippen LogP contribution in [-0.2, 0) is 6.54 Å². The largest absolute Gasteiger partial charge is 0.435 e. The first-order chi connectivity index (χ1) is 13.6. The maximum Gasteiger partial charge on any atom is 0.387 e. The van der Waals surface area contributed by atoms with Crippen LogP contribution in [0.5, 0.6) is 5.75 Å². The zero-order chi connectivity index (χ0) is 19.9. The van der Waals surface area contributed by atoms with E-state index in [1.807, 2.05) is 25.5 Å². The molecule has 1 saturated heterocycles. The number of likely N-dealkylation sites (tertiary alicyclic amines) is 1. The van der Waals surface area contributed by atoms with Gasteiger partial charge in [0.05, 0.1) is 18.9 Å². The standard InChI is InChI=1S/C20H27F2N5O/c1-3-24-20(25-12-16-5-4-6-17(11-16)28-19(21)22)26-9-7-15(2)18(13-26)27-10-8-23-14-27/h4-6,8,10-11,14-15,18-19H,3,7,9,12-13H2,1-2H3,(H,24,25). The number of nitrogens with one attached hydrogen (secondary N) is 1. The van der Waals surface area contributed by atoms with E-state index in [2.05, 4.69) is 31.4 Å². The third-order valence-electron chi connectivity index (χ3n) is 5.00. The average Bonchev–Trinajstić information content (AvgIpc) is 3.20. The van der Waals surface area contributed by atoms with Crippen molar-refractivity contribution in [2.24, 2.45) is 10.9 Å². The van der Waals surface area contributed by atoms with Gasteiger partial charge in [-0.3, -0.25) is 0 Å². The average molecular weight is 391 g/mol. The minimum absolute atomic E-state index is 0.152. The summed E-state index contributed by atoms with van der Waals surface area (Å²) in [4.78, 5) is 11.2. The Morgan fingerprint density at radius 3 is 3.00 bits per heavy atom. The number of rotatable bonds is 6. The van der Waals surface area contributed by atoms with E-state index in [0.717, 1.165) is 37.6 Å². The molecule has 1 fully saturated rings. The highest BCUT2D eigenvalue weighted by Crippen LogP contribution is 2.27. The summed E-state index contributed by atoms with van der Waals surface area (Å²) in [5.41, 5.74) is 0.824. The smallest absolute Gasteiger partial charge is 0.387 e. The van der Waals surface area contributed by atoms with E-state index in [1.54, 1.807) is 18.3 Å². The Bertz CT molecular complexity index is 766. The van der Waals surface area contributed by atoms with Crippen molar-refractivity contribution in [2.75, 3.05) is 19.6 Å². The van der Waals surface area contributed by atoms with Crippen molar-refractivity contribution in [3.05, 3.63) is 48.5 Å². The van der Waals surface area contributed by atoms with E-state index in [4.69, 9.17) is 4.99 Å². The topological polar surface area (TPSA) is 54.7 Å². The molecule has 0 amide bonds. The van der Waals surface area contributed by atoms with Crippen LogP contribution in [0.2, 0.25) is 0 Å². The summed E-state index contributed by atoms with van der Waals surface area (Å²) in [5.74, 6) is 1.54. The first kappa shape index (κ1) is 20.1. The first-order valence-corrected chi connectivity index (χ1v) is 9.61. The number of halogens is 2. The molecule has 1 aliphatic heterocycles. The van der Waals surface area contributed by atoms with E-state index >= 15 is 0 Å². The maximum absolute atomic E-state index is 12.4. The number of aromatic nitrogens is 2. The van der Waals surface area contributed by atoms with E-state index in [-0.39, 0.29) is 5.75 Å². The number of hydrogen-bond acceptors (Lipinski definition) is 3. The van der Waals surface area contributed by atoms with Crippen LogP contribution in [0.15, 0.2) is 48.0 Å². The Morgan fingerprint density at radius 1 is 1.43 bits per heavy atom. The summed E-state index contributed by atoms with van der Waals surface area (Å²) in [6.07, 6.45) is 6.73. The zero-order valence-corrected chi connectivity index (χ0v) is 16.3. The number of alkyl halides is 2. The van der Waals surface area contributed by atoms with Crippen LogP contribution in [0.25, 0.3) is 0 Å². The molecule has 1 N–H and O–H groups in total. The second-order valence-electron chi connectivity index (χ2n) is 6.99. The zero-order valence-electron chi connectivity index (χ0n) is 16.3. The van der Waals surface area contributed by atoms with E-state index in [9.17, 15) is 8.78 Å². The van der Waals surface area contributed by atoms with Gasteiger partial charge in [0.15, 0.2) is 5.96 Å². The third kappa shape index (κ3) is 5.21. The highest BCUT2D eigenvalue weighted by molar-refractivity contribution is 5.80. The molecule has 152 valence electrons. The monoisotopic (exact) mass is 391 g/mol.